The van der Waals surface area contributed by atoms with Crippen LogP contribution in [0, 0.1) is 11.3 Å². The third-order valence-electron chi connectivity index (χ3n) is 7.27. The average molecular weight is 481 g/mol. The maximum atomic E-state index is 12.9. The Morgan fingerprint density at radius 2 is 1.54 bits per heavy atom. The molecule has 0 spiro atoms. The Kier molecular flexibility index (Phi) is 8.90. The second-order valence-electron chi connectivity index (χ2n) is 9.30. The summed E-state index contributed by atoms with van der Waals surface area (Å²) in [6.07, 6.45) is 1.66. The van der Waals surface area contributed by atoms with Crippen molar-refractivity contribution in [2.45, 2.75) is 52.4 Å². The van der Waals surface area contributed by atoms with Crippen molar-refractivity contribution in [2.24, 2.45) is 11.3 Å². The molecule has 1 atom stereocenters. The monoisotopic (exact) mass is 480 g/mol. The number of hydrogen-bond donors (Lipinski definition) is 3. The van der Waals surface area contributed by atoms with Crippen molar-refractivity contribution in [3.05, 3.63) is 59.7 Å². The summed E-state index contributed by atoms with van der Waals surface area (Å²) >= 11 is 0. The van der Waals surface area contributed by atoms with E-state index in [1.807, 2.05) is 38.1 Å². The summed E-state index contributed by atoms with van der Waals surface area (Å²) < 4.78 is 5.61. The SMILES string of the molecule is CCC(CC)(CNC(=O)OCC1c2ccccc2-c2ccccc21)C(=O)NCCCC(C)C(=O)O. The van der Waals surface area contributed by atoms with Gasteiger partial charge in [0.2, 0.25) is 5.91 Å². The summed E-state index contributed by atoms with van der Waals surface area (Å²) in [7, 11) is 0. The summed E-state index contributed by atoms with van der Waals surface area (Å²) in [5, 5.41) is 14.7. The van der Waals surface area contributed by atoms with E-state index in [0.717, 1.165) is 11.1 Å². The highest BCUT2D eigenvalue weighted by atomic mass is 16.5. The number of amides is 2. The molecule has 2 aromatic rings. The number of hydrogen-bond acceptors (Lipinski definition) is 4. The second kappa shape index (κ2) is 11.9. The predicted molar refractivity (Wildman–Crippen MR) is 135 cm³/mol. The molecule has 0 fully saturated rings. The van der Waals surface area contributed by atoms with E-state index in [1.165, 1.54) is 11.1 Å². The van der Waals surface area contributed by atoms with Gasteiger partial charge < -0.3 is 20.5 Å². The lowest BCUT2D eigenvalue weighted by atomic mass is 9.81. The molecule has 0 saturated carbocycles. The summed E-state index contributed by atoms with van der Waals surface area (Å²) in [4.78, 5) is 36.5. The Hall–Kier alpha value is -3.35. The van der Waals surface area contributed by atoms with Crippen LogP contribution in [0.2, 0.25) is 0 Å². The van der Waals surface area contributed by atoms with Crippen molar-refractivity contribution >= 4 is 18.0 Å². The lowest BCUT2D eigenvalue weighted by Gasteiger charge is -2.30. The molecule has 35 heavy (non-hydrogen) atoms. The molecule has 7 nitrogen and oxygen atoms in total. The number of carbonyl (C=O) groups is 3. The minimum Gasteiger partial charge on any atom is -0.481 e. The lowest BCUT2D eigenvalue weighted by molar-refractivity contribution is -0.141. The first-order valence-electron chi connectivity index (χ1n) is 12.4. The molecule has 0 bridgehead atoms. The topological polar surface area (TPSA) is 105 Å². The van der Waals surface area contributed by atoms with E-state index in [9.17, 15) is 14.4 Å². The number of benzene rings is 2. The van der Waals surface area contributed by atoms with Gasteiger partial charge in [-0.3, -0.25) is 9.59 Å². The molecule has 7 heteroatoms. The van der Waals surface area contributed by atoms with Crippen LogP contribution in [0.5, 0.6) is 0 Å². The second-order valence-corrected chi connectivity index (χ2v) is 9.30. The Labute approximate surface area is 207 Å². The number of alkyl carbamates (subject to hydrolysis) is 1. The van der Waals surface area contributed by atoms with Crippen molar-refractivity contribution in [3.8, 4) is 11.1 Å². The molecule has 188 valence electrons. The van der Waals surface area contributed by atoms with Gasteiger partial charge in [-0.2, -0.15) is 0 Å². The van der Waals surface area contributed by atoms with E-state index in [-0.39, 0.29) is 25.0 Å². The van der Waals surface area contributed by atoms with Gasteiger partial charge in [-0.25, -0.2) is 4.79 Å². The number of rotatable bonds is 12. The van der Waals surface area contributed by atoms with Crippen molar-refractivity contribution in [1.82, 2.24) is 10.6 Å². The molecular weight excluding hydrogens is 444 g/mol. The Balaban J connectivity index is 1.53. The van der Waals surface area contributed by atoms with Crippen LogP contribution in [0.1, 0.15) is 63.5 Å². The zero-order chi connectivity index (χ0) is 25.4. The van der Waals surface area contributed by atoms with Crippen molar-refractivity contribution in [1.29, 1.82) is 0 Å². The molecule has 3 rings (SSSR count). The van der Waals surface area contributed by atoms with Gasteiger partial charge >= 0.3 is 12.1 Å². The number of aliphatic carboxylic acids is 1. The maximum Gasteiger partial charge on any atom is 0.407 e. The quantitative estimate of drug-likeness (QED) is 0.373. The molecule has 1 aliphatic carbocycles. The van der Waals surface area contributed by atoms with Gasteiger partial charge in [0.25, 0.3) is 0 Å². The zero-order valence-electron chi connectivity index (χ0n) is 20.8. The highest BCUT2D eigenvalue weighted by molar-refractivity contribution is 5.83. The van der Waals surface area contributed by atoms with E-state index in [4.69, 9.17) is 9.84 Å². The molecule has 2 aromatic carbocycles. The van der Waals surface area contributed by atoms with E-state index in [2.05, 4.69) is 34.9 Å². The molecule has 3 N–H and O–H groups in total. The van der Waals surface area contributed by atoms with Crippen LogP contribution in [0.25, 0.3) is 11.1 Å². The van der Waals surface area contributed by atoms with E-state index < -0.39 is 23.4 Å². The molecule has 2 amide bonds. The predicted octanol–water partition coefficient (Wildman–Crippen LogP) is 4.95. The van der Waals surface area contributed by atoms with Crippen LogP contribution < -0.4 is 10.6 Å². The van der Waals surface area contributed by atoms with Crippen molar-refractivity contribution < 1.29 is 24.2 Å². The fourth-order valence-corrected chi connectivity index (χ4v) is 4.71. The third kappa shape index (κ3) is 6.02. The van der Waals surface area contributed by atoms with Crippen LogP contribution >= 0.6 is 0 Å². The number of carboxylic acid groups (broad SMARTS) is 1. The molecule has 0 aliphatic heterocycles. The van der Waals surface area contributed by atoms with Gasteiger partial charge in [0, 0.05) is 19.0 Å². The van der Waals surface area contributed by atoms with Crippen LogP contribution in [-0.4, -0.2) is 42.8 Å². The highest BCUT2D eigenvalue weighted by Gasteiger charge is 2.35. The summed E-state index contributed by atoms with van der Waals surface area (Å²) in [5.41, 5.74) is 3.89. The summed E-state index contributed by atoms with van der Waals surface area (Å²) in [5.74, 6) is -1.43. The number of carboxylic acids is 1. The van der Waals surface area contributed by atoms with Gasteiger partial charge in [-0.1, -0.05) is 69.3 Å². The van der Waals surface area contributed by atoms with E-state index in [1.54, 1.807) is 6.92 Å². The van der Waals surface area contributed by atoms with Gasteiger partial charge in [0.15, 0.2) is 0 Å². The average Bonchev–Trinajstić information content (AvgIpc) is 3.19. The summed E-state index contributed by atoms with van der Waals surface area (Å²) in [6.45, 7) is 6.31. The molecular formula is C28H36N2O5. The van der Waals surface area contributed by atoms with Crippen LogP contribution in [-0.2, 0) is 14.3 Å². The zero-order valence-corrected chi connectivity index (χ0v) is 20.8. The van der Waals surface area contributed by atoms with Gasteiger partial charge in [-0.15, -0.1) is 0 Å². The van der Waals surface area contributed by atoms with Gasteiger partial charge in [0.1, 0.15) is 6.61 Å². The standard InChI is InChI=1S/C28H36N2O5/c1-4-28(5-2,26(33)29-16-10-11-19(3)25(31)32)18-30-27(34)35-17-24-22-14-8-6-12-20(22)21-13-7-9-15-23(21)24/h6-9,12-15,19,24H,4-5,10-11,16-18H2,1-3H3,(H,29,33)(H,30,34)(H,31,32). The molecule has 0 aromatic heterocycles. The lowest BCUT2D eigenvalue weighted by Crippen LogP contribution is -2.48. The first kappa shape index (κ1) is 26.3. The first-order valence-corrected chi connectivity index (χ1v) is 12.4. The maximum absolute atomic E-state index is 12.9. The normalized spacial score (nSPS) is 13.5. The molecule has 1 aliphatic rings. The number of nitrogens with one attached hydrogen (secondary N) is 2. The minimum absolute atomic E-state index is 0.0215. The van der Waals surface area contributed by atoms with E-state index in [0.29, 0.717) is 32.2 Å². The van der Waals surface area contributed by atoms with Crippen LogP contribution in [0.15, 0.2) is 48.5 Å². The highest BCUT2D eigenvalue weighted by Crippen LogP contribution is 2.44. The van der Waals surface area contributed by atoms with Gasteiger partial charge in [-0.05, 0) is 47.9 Å². The molecule has 0 heterocycles. The van der Waals surface area contributed by atoms with Crippen LogP contribution in [0.3, 0.4) is 0 Å². The first-order chi connectivity index (χ1) is 16.8. The largest absolute Gasteiger partial charge is 0.481 e. The minimum atomic E-state index is -0.833. The number of fused-ring (bicyclic) bond motifs is 3. The van der Waals surface area contributed by atoms with Crippen LogP contribution in [0.4, 0.5) is 4.79 Å². The third-order valence-corrected chi connectivity index (χ3v) is 7.27. The van der Waals surface area contributed by atoms with Crippen molar-refractivity contribution in [2.75, 3.05) is 19.7 Å². The smallest absolute Gasteiger partial charge is 0.407 e. The van der Waals surface area contributed by atoms with Gasteiger partial charge in [0.05, 0.1) is 11.3 Å². The molecule has 0 radical (unpaired) electrons. The van der Waals surface area contributed by atoms with E-state index >= 15 is 0 Å². The number of carbonyl (C=O) groups excluding carboxylic acids is 2. The Morgan fingerprint density at radius 3 is 2.09 bits per heavy atom. The summed E-state index contributed by atoms with van der Waals surface area (Å²) in [6, 6.07) is 16.3. The number of ether oxygens (including phenoxy) is 1. The molecule has 1 unspecified atom stereocenters. The van der Waals surface area contributed by atoms with Crippen molar-refractivity contribution in [3.63, 3.8) is 0 Å². The Morgan fingerprint density at radius 1 is 0.971 bits per heavy atom. The fraction of sp³-hybridized carbons (Fsp3) is 0.464. The fourth-order valence-electron chi connectivity index (χ4n) is 4.71. The Bertz CT molecular complexity index is 1000. The molecule has 0 saturated heterocycles.